The molecule has 0 saturated heterocycles. The van der Waals surface area contributed by atoms with Gasteiger partial charge < -0.3 is 14.4 Å². The lowest BCUT2D eigenvalue weighted by Crippen LogP contribution is -2.30. The third-order valence-corrected chi connectivity index (χ3v) is 6.34. The third-order valence-electron chi connectivity index (χ3n) is 5.40. The van der Waals surface area contributed by atoms with Crippen molar-refractivity contribution in [3.8, 4) is 11.5 Å². The molecule has 0 aromatic heterocycles. The Morgan fingerprint density at radius 1 is 1.06 bits per heavy atom. The molecule has 4 nitrogen and oxygen atoms in total. The number of benzene rings is 3. The number of carbonyl (C=O) groups excluding carboxylic acids is 1. The average molecular weight is 527 g/mol. The van der Waals surface area contributed by atoms with Crippen molar-refractivity contribution in [1.29, 1.82) is 0 Å². The Bertz CT molecular complexity index is 1200. The molecule has 0 fully saturated rings. The fraction of sp³-hybridized carbons (Fsp3) is 0.222. The molecule has 0 aliphatic carbocycles. The molecule has 33 heavy (non-hydrogen) atoms. The van der Waals surface area contributed by atoms with Gasteiger partial charge in [-0.05, 0) is 53.5 Å². The molecular formula is C27H25BrClNO3. The standard InChI is InChI=1S/C27H25BrClNO3/c1-17(2)15-30-24-7-5-4-6-21(24)22(27(30)31)12-19-13-25(32-3)26(14-23(19)28)33-16-18-8-10-20(29)11-9-18/h4-14,17H,15-16H2,1-3H3/b22-12-. The van der Waals surface area contributed by atoms with E-state index in [1.54, 1.807) is 7.11 Å². The van der Waals surface area contributed by atoms with Crippen molar-refractivity contribution in [3.63, 3.8) is 0 Å². The molecule has 0 atom stereocenters. The summed E-state index contributed by atoms with van der Waals surface area (Å²) in [6.07, 6.45) is 1.91. The molecule has 0 radical (unpaired) electrons. The lowest BCUT2D eigenvalue weighted by molar-refractivity contribution is -0.113. The largest absolute Gasteiger partial charge is 0.493 e. The van der Waals surface area contributed by atoms with Crippen LogP contribution in [-0.2, 0) is 11.4 Å². The molecule has 4 rings (SSSR count). The normalized spacial score (nSPS) is 14.2. The average Bonchev–Trinajstić information content (AvgIpc) is 3.05. The van der Waals surface area contributed by atoms with Crippen molar-refractivity contribution >= 4 is 50.8 Å². The SMILES string of the molecule is COc1cc(/C=C2\C(=O)N(CC(C)C)c3ccccc32)c(Br)cc1OCc1ccc(Cl)cc1. The smallest absolute Gasteiger partial charge is 0.259 e. The van der Waals surface area contributed by atoms with Gasteiger partial charge in [-0.2, -0.15) is 0 Å². The number of rotatable bonds is 7. The van der Waals surface area contributed by atoms with Gasteiger partial charge in [0.25, 0.3) is 5.91 Å². The zero-order chi connectivity index (χ0) is 23.5. The molecule has 6 heteroatoms. The number of ether oxygens (including phenoxy) is 2. The minimum atomic E-state index is 0.0128. The van der Waals surface area contributed by atoms with E-state index in [4.69, 9.17) is 21.1 Å². The van der Waals surface area contributed by atoms with E-state index in [1.165, 1.54) is 0 Å². The molecule has 0 saturated carbocycles. The number of amides is 1. The Hall–Kier alpha value is -2.76. The first kappa shape index (κ1) is 23.4. The molecule has 3 aromatic rings. The van der Waals surface area contributed by atoms with E-state index in [0.29, 0.717) is 41.2 Å². The summed E-state index contributed by atoms with van der Waals surface area (Å²) in [5.74, 6) is 1.59. The van der Waals surface area contributed by atoms with Gasteiger partial charge in [0.15, 0.2) is 11.5 Å². The summed E-state index contributed by atoms with van der Waals surface area (Å²) in [7, 11) is 1.61. The highest BCUT2D eigenvalue weighted by molar-refractivity contribution is 9.10. The highest BCUT2D eigenvalue weighted by Gasteiger charge is 2.32. The van der Waals surface area contributed by atoms with E-state index in [9.17, 15) is 4.79 Å². The summed E-state index contributed by atoms with van der Waals surface area (Å²) in [4.78, 5) is 15.2. The first-order chi connectivity index (χ1) is 15.9. The second-order valence-corrected chi connectivity index (χ2v) is 9.62. The maximum Gasteiger partial charge on any atom is 0.259 e. The predicted octanol–water partition coefficient (Wildman–Crippen LogP) is 7.23. The third kappa shape index (κ3) is 5.10. The number of halogens is 2. The maximum atomic E-state index is 13.3. The molecule has 3 aromatic carbocycles. The summed E-state index contributed by atoms with van der Waals surface area (Å²) in [6.45, 7) is 5.29. The van der Waals surface area contributed by atoms with Crippen LogP contribution in [0.3, 0.4) is 0 Å². The van der Waals surface area contributed by atoms with Crippen LogP contribution < -0.4 is 14.4 Å². The van der Waals surface area contributed by atoms with Crippen LogP contribution in [0.25, 0.3) is 11.6 Å². The topological polar surface area (TPSA) is 38.8 Å². The fourth-order valence-electron chi connectivity index (χ4n) is 3.82. The van der Waals surface area contributed by atoms with Crippen molar-refractivity contribution < 1.29 is 14.3 Å². The number of hydrogen-bond donors (Lipinski definition) is 0. The summed E-state index contributed by atoms with van der Waals surface area (Å²) < 4.78 is 12.4. The fourth-order valence-corrected chi connectivity index (χ4v) is 4.39. The first-order valence-electron chi connectivity index (χ1n) is 10.7. The van der Waals surface area contributed by atoms with E-state index in [2.05, 4.69) is 29.8 Å². The Labute approximate surface area is 207 Å². The zero-order valence-corrected chi connectivity index (χ0v) is 21.1. The van der Waals surface area contributed by atoms with Crippen LogP contribution in [-0.4, -0.2) is 19.6 Å². The number of carbonyl (C=O) groups is 1. The molecule has 0 spiro atoms. The zero-order valence-electron chi connectivity index (χ0n) is 18.8. The van der Waals surface area contributed by atoms with E-state index >= 15 is 0 Å². The van der Waals surface area contributed by atoms with E-state index in [0.717, 1.165) is 26.9 Å². The van der Waals surface area contributed by atoms with Gasteiger partial charge in [0, 0.05) is 27.2 Å². The van der Waals surface area contributed by atoms with Crippen molar-refractivity contribution in [1.82, 2.24) is 0 Å². The Balaban J connectivity index is 1.65. The number of methoxy groups -OCH3 is 1. The minimum Gasteiger partial charge on any atom is -0.493 e. The van der Waals surface area contributed by atoms with Gasteiger partial charge in [0.2, 0.25) is 0 Å². The highest BCUT2D eigenvalue weighted by Crippen LogP contribution is 2.41. The summed E-state index contributed by atoms with van der Waals surface area (Å²) in [6, 6.07) is 19.2. The van der Waals surface area contributed by atoms with Crippen LogP contribution in [0.15, 0.2) is 65.1 Å². The van der Waals surface area contributed by atoms with Gasteiger partial charge >= 0.3 is 0 Å². The minimum absolute atomic E-state index is 0.0128. The Kier molecular flexibility index (Phi) is 7.11. The summed E-state index contributed by atoms with van der Waals surface area (Å²) in [5, 5.41) is 0.687. The molecule has 0 N–H and O–H groups in total. The number of nitrogens with zero attached hydrogens (tertiary/aromatic N) is 1. The van der Waals surface area contributed by atoms with Crippen molar-refractivity contribution in [2.24, 2.45) is 5.92 Å². The molecule has 0 bridgehead atoms. The van der Waals surface area contributed by atoms with Crippen molar-refractivity contribution in [2.75, 3.05) is 18.6 Å². The van der Waals surface area contributed by atoms with Gasteiger partial charge in [-0.15, -0.1) is 0 Å². The lowest BCUT2D eigenvalue weighted by atomic mass is 10.0. The maximum absolute atomic E-state index is 13.3. The summed E-state index contributed by atoms with van der Waals surface area (Å²) >= 11 is 9.61. The Morgan fingerprint density at radius 3 is 2.48 bits per heavy atom. The Morgan fingerprint density at radius 2 is 1.79 bits per heavy atom. The van der Waals surface area contributed by atoms with Crippen molar-refractivity contribution in [3.05, 3.63) is 86.8 Å². The monoisotopic (exact) mass is 525 g/mol. The number of anilines is 1. The van der Waals surface area contributed by atoms with Gasteiger partial charge in [0.05, 0.1) is 12.8 Å². The second-order valence-electron chi connectivity index (χ2n) is 8.32. The number of para-hydroxylation sites is 1. The van der Waals surface area contributed by atoms with Crippen LogP contribution in [0.1, 0.15) is 30.5 Å². The molecule has 1 amide bonds. The van der Waals surface area contributed by atoms with Crippen LogP contribution in [0, 0.1) is 5.92 Å². The molecule has 1 aliphatic heterocycles. The predicted molar refractivity (Wildman–Crippen MR) is 138 cm³/mol. The first-order valence-corrected chi connectivity index (χ1v) is 11.9. The van der Waals surface area contributed by atoms with E-state index in [-0.39, 0.29) is 5.91 Å². The lowest BCUT2D eigenvalue weighted by Gasteiger charge is -2.19. The van der Waals surface area contributed by atoms with Crippen LogP contribution >= 0.6 is 27.5 Å². The van der Waals surface area contributed by atoms with Gasteiger partial charge in [0.1, 0.15) is 6.61 Å². The van der Waals surface area contributed by atoms with Gasteiger partial charge in [-0.25, -0.2) is 0 Å². The van der Waals surface area contributed by atoms with Gasteiger partial charge in [-0.3, -0.25) is 4.79 Å². The quantitative estimate of drug-likeness (QED) is 0.305. The molecule has 0 unspecified atom stereocenters. The molecule has 1 aliphatic rings. The molecular weight excluding hydrogens is 502 g/mol. The molecule has 1 heterocycles. The second kappa shape index (κ2) is 10.0. The van der Waals surface area contributed by atoms with E-state index in [1.807, 2.05) is 71.6 Å². The van der Waals surface area contributed by atoms with Gasteiger partial charge in [-0.1, -0.05) is 71.7 Å². The number of hydrogen-bond acceptors (Lipinski definition) is 3. The highest BCUT2D eigenvalue weighted by atomic mass is 79.9. The summed E-state index contributed by atoms with van der Waals surface area (Å²) in [5.41, 5.74) is 4.41. The van der Waals surface area contributed by atoms with Crippen molar-refractivity contribution in [2.45, 2.75) is 20.5 Å². The van der Waals surface area contributed by atoms with Crippen LogP contribution in [0.5, 0.6) is 11.5 Å². The number of fused-ring (bicyclic) bond motifs is 1. The molecule has 170 valence electrons. The van der Waals surface area contributed by atoms with Crippen LogP contribution in [0.4, 0.5) is 5.69 Å². The van der Waals surface area contributed by atoms with Crippen LogP contribution in [0.2, 0.25) is 5.02 Å². The van der Waals surface area contributed by atoms with E-state index < -0.39 is 0 Å².